The summed E-state index contributed by atoms with van der Waals surface area (Å²) in [5.41, 5.74) is 7.04. The number of likely N-dealkylation sites (N-methyl/N-ethyl adjacent to an activating group) is 1. The molecule has 0 N–H and O–H groups in total. The van der Waals surface area contributed by atoms with E-state index in [2.05, 4.69) is 73.5 Å². The van der Waals surface area contributed by atoms with Crippen LogP contribution in [0.1, 0.15) is 68.1 Å². The molecule has 2 unspecified atom stereocenters. The second kappa shape index (κ2) is 7.07. The van der Waals surface area contributed by atoms with Crippen LogP contribution in [0.4, 0.5) is 5.69 Å². The Kier molecular flexibility index (Phi) is 4.65. The van der Waals surface area contributed by atoms with Crippen molar-refractivity contribution >= 4 is 17.3 Å². The van der Waals surface area contributed by atoms with Crippen molar-refractivity contribution in [2.45, 2.75) is 57.4 Å². The highest BCUT2D eigenvalue weighted by Gasteiger charge is 2.36. The van der Waals surface area contributed by atoms with Gasteiger partial charge in [0.15, 0.2) is 0 Å². The predicted molar refractivity (Wildman–Crippen MR) is 109 cm³/mol. The number of benzene rings is 2. The third-order valence-corrected chi connectivity index (χ3v) is 6.17. The van der Waals surface area contributed by atoms with Crippen LogP contribution < -0.4 is 4.90 Å². The third kappa shape index (κ3) is 3.25. The molecular weight excluding hydrogens is 302 g/mol. The van der Waals surface area contributed by atoms with E-state index in [-0.39, 0.29) is 0 Å². The van der Waals surface area contributed by atoms with Crippen LogP contribution in [0.25, 0.3) is 11.6 Å². The fourth-order valence-electron chi connectivity index (χ4n) is 4.79. The van der Waals surface area contributed by atoms with E-state index in [0.29, 0.717) is 6.04 Å². The van der Waals surface area contributed by atoms with Crippen LogP contribution in [0, 0.1) is 0 Å². The van der Waals surface area contributed by atoms with Gasteiger partial charge in [-0.2, -0.15) is 0 Å². The van der Waals surface area contributed by atoms with Gasteiger partial charge in [0, 0.05) is 24.7 Å². The highest BCUT2D eigenvalue weighted by Crippen LogP contribution is 2.46. The average Bonchev–Trinajstić information content (AvgIpc) is 2.86. The minimum Gasteiger partial charge on any atom is -0.371 e. The fraction of sp³-hybridized carbons (Fsp3) is 0.417. The van der Waals surface area contributed by atoms with Crippen LogP contribution >= 0.6 is 0 Å². The smallest absolute Gasteiger partial charge is 0.0402 e. The zero-order chi connectivity index (χ0) is 17.2. The van der Waals surface area contributed by atoms with Gasteiger partial charge in [0.05, 0.1) is 0 Å². The molecule has 0 bridgehead atoms. The zero-order valence-electron chi connectivity index (χ0n) is 15.5. The van der Waals surface area contributed by atoms with Gasteiger partial charge in [-0.25, -0.2) is 0 Å². The zero-order valence-corrected chi connectivity index (χ0v) is 15.5. The molecule has 1 heterocycles. The second-order valence-electron chi connectivity index (χ2n) is 7.79. The van der Waals surface area contributed by atoms with E-state index in [1.54, 1.807) is 5.56 Å². The Labute approximate surface area is 152 Å². The number of nitrogens with zero attached hydrogens (tertiary/aromatic N) is 1. The molecule has 2 aromatic rings. The van der Waals surface area contributed by atoms with Crippen molar-refractivity contribution in [3.63, 3.8) is 0 Å². The first-order valence-electron chi connectivity index (χ1n) is 9.84. The number of hydrogen-bond donors (Lipinski definition) is 0. The van der Waals surface area contributed by atoms with Crippen LogP contribution in [0.2, 0.25) is 0 Å². The van der Waals surface area contributed by atoms with E-state index in [9.17, 15) is 0 Å². The fourth-order valence-corrected chi connectivity index (χ4v) is 4.79. The molecule has 1 saturated carbocycles. The molecule has 1 heteroatoms. The molecule has 2 aromatic carbocycles. The van der Waals surface area contributed by atoms with Crippen molar-refractivity contribution < 1.29 is 0 Å². The summed E-state index contributed by atoms with van der Waals surface area (Å²) in [5, 5.41) is 0. The number of allylic oxidation sites excluding steroid dienone is 1. The Balaban J connectivity index is 1.66. The molecule has 25 heavy (non-hydrogen) atoms. The molecule has 2 atom stereocenters. The summed E-state index contributed by atoms with van der Waals surface area (Å²) in [6, 6.07) is 18.5. The number of rotatable bonds is 2. The lowest BCUT2D eigenvalue weighted by Gasteiger charge is -2.28. The average molecular weight is 332 g/mol. The van der Waals surface area contributed by atoms with Crippen molar-refractivity contribution in [3.8, 4) is 0 Å². The Bertz CT molecular complexity index is 759. The second-order valence-corrected chi connectivity index (χ2v) is 7.79. The van der Waals surface area contributed by atoms with Gasteiger partial charge in [0.1, 0.15) is 0 Å². The normalized spacial score (nSPS) is 23.6. The first kappa shape index (κ1) is 16.4. The Hall–Kier alpha value is -2.02. The molecule has 0 spiro atoms. The van der Waals surface area contributed by atoms with Gasteiger partial charge in [0.25, 0.3) is 0 Å². The van der Waals surface area contributed by atoms with Crippen molar-refractivity contribution in [2.75, 3.05) is 11.9 Å². The summed E-state index contributed by atoms with van der Waals surface area (Å²) in [7, 11) is 2.30. The molecule has 4 rings (SSSR count). The van der Waals surface area contributed by atoms with Crippen molar-refractivity contribution in [2.24, 2.45) is 0 Å². The molecule has 0 aromatic heterocycles. The molecule has 1 fully saturated rings. The minimum atomic E-state index is 0.713. The highest BCUT2D eigenvalue weighted by molar-refractivity contribution is 5.81. The summed E-state index contributed by atoms with van der Waals surface area (Å²) < 4.78 is 0. The molecule has 0 saturated heterocycles. The SMILES string of the molecule is CC(=Cc1ccc2c(c1)C1CCCCCCC1N2C)c1ccccc1. The van der Waals surface area contributed by atoms with Crippen LogP contribution in [0.5, 0.6) is 0 Å². The van der Waals surface area contributed by atoms with Gasteiger partial charge >= 0.3 is 0 Å². The molecule has 2 aliphatic rings. The van der Waals surface area contributed by atoms with E-state index in [1.165, 1.54) is 60.9 Å². The van der Waals surface area contributed by atoms with E-state index in [4.69, 9.17) is 0 Å². The largest absolute Gasteiger partial charge is 0.371 e. The summed E-state index contributed by atoms with van der Waals surface area (Å²) in [6.45, 7) is 2.22. The molecule has 0 radical (unpaired) electrons. The lowest BCUT2D eigenvalue weighted by molar-refractivity contribution is 0.413. The van der Waals surface area contributed by atoms with E-state index in [1.807, 2.05) is 0 Å². The topological polar surface area (TPSA) is 3.24 Å². The Morgan fingerprint density at radius 1 is 0.960 bits per heavy atom. The molecule has 1 nitrogen and oxygen atoms in total. The lowest BCUT2D eigenvalue weighted by atomic mass is 9.84. The van der Waals surface area contributed by atoms with Gasteiger partial charge in [-0.15, -0.1) is 0 Å². The molecule has 1 aliphatic heterocycles. The minimum absolute atomic E-state index is 0.713. The molecule has 1 aliphatic carbocycles. The van der Waals surface area contributed by atoms with Gasteiger partial charge in [-0.1, -0.05) is 68.2 Å². The molecule has 130 valence electrons. The number of hydrogen-bond acceptors (Lipinski definition) is 1. The maximum absolute atomic E-state index is 2.56. The number of anilines is 1. The predicted octanol–water partition coefficient (Wildman–Crippen LogP) is 6.50. The van der Waals surface area contributed by atoms with E-state index >= 15 is 0 Å². The lowest BCUT2D eigenvalue weighted by Crippen LogP contribution is -2.31. The quantitative estimate of drug-likeness (QED) is 0.567. The van der Waals surface area contributed by atoms with Crippen molar-refractivity contribution in [3.05, 3.63) is 65.2 Å². The molecular formula is C24H29N. The van der Waals surface area contributed by atoms with Crippen molar-refractivity contribution in [1.29, 1.82) is 0 Å². The Morgan fingerprint density at radius 2 is 1.72 bits per heavy atom. The van der Waals surface area contributed by atoms with E-state index < -0.39 is 0 Å². The maximum atomic E-state index is 2.56. The third-order valence-electron chi connectivity index (χ3n) is 6.17. The standard InChI is InChI=1S/C24H29N/c1-18(20-10-6-5-7-11-20)16-19-14-15-24-22(17-19)21-12-8-3-4-9-13-23(21)25(24)2/h5-7,10-11,14-17,21,23H,3-4,8-9,12-13H2,1-2H3. The summed E-state index contributed by atoms with van der Waals surface area (Å²) in [5.74, 6) is 0.727. The maximum Gasteiger partial charge on any atom is 0.0402 e. The summed E-state index contributed by atoms with van der Waals surface area (Å²) in [6.07, 6.45) is 10.6. The summed E-state index contributed by atoms with van der Waals surface area (Å²) >= 11 is 0. The monoisotopic (exact) mass is 331 g/mol. The van der Waals surface area contributed by atoms with Crippen LogP contribution in [-0.4, -0.2) is 13.1 Å². The first-order chi connectivity index (χ1) is 12.2. The van der Waals surface area contributed by atoms with Gasteiger partial charge in [-0.3, -0.25) is 0 Å². The van der Waals surface area contributed by atoms with Gasteiger partial charge in [0.2, 0.25) is 0 Å². The number of fused-ring (bicyclic) bond motifs is 3. The Morgan fingerprint density at radius 3 is 2.52 bits per heavy atom. The summed E-state index contributed by atoms with van der Waals surface area (Å²) in [4.78, 5) is 2.56. The van der Waals surface area contributed by atoms with Crippen LogP contribution in [0.3, 0.4) is 0 Å². The first-order valence-corrected chi connectivity index (χ1v) is 9.84. The van der Waals surface area contributed by atoms with Crippen LogP contribution in [0.15, 0.2) is 48.5 Å². The van der Waals surface area contributed by atoms with Crippen LogP contribution in [-0.2, 0) is 0 Å². The van der Waals surface area contributed by atoms with Gasteiger partial charge < -0.3 is 4.90 Å². The highest BCUT2D eigenvalue weighted by atomic mass is 15.2. The van der Waals surface area contributed by atoms with Crippen molar-refractivity contribution in [1.82, 2.24) is 0 Å². The van der Waals surface area contributed by atoms with E-state index in [0.717, 1.165) is 5.92 Å². The molecule has 0 amide bonds. The van der Waals surface area contributed by atoms with Gasteiger partial charge in [-0.05, 0) is 54.2 Å².